The number of furan rings is 1. The summed E-state index contributed by atoms with van der Waals surface area (Å²) < 4.78 is 5.64. The maximum absolute atomic E-state index is 11.7. The summed E-state index contributed by atoms with van der Waals surface area (Å²) in [6.45, 7) is 0. The third kappa shape index (κ3) is 3.82. The lowest BCUT2D eigenvalue weighted by molar-refractivity contribution is 0.0959. The lowest BCUT2D eigenvalue weighted by Gasteiger charge is -2.01. The number of carbonyl (C=O) groups excluding carboxylic acids is 1. The molecule has 0 fully saturated rings. The Morgan fingerprint density at radius 3 is 2.87 bits per heavy atom. The van der Waals surface area contributed by atoms with Crippen LogP contribution < -0.4 is 5.43 Å². The van der Waals surface area contributed by atoms with Gasteiger partial charge in [0.1, 0.15) is 11.5 Å². The molecule has 0 saturated heterocycles. The maximum atomic E-state index is 11.7. The first-order chi connectivity index (χ1) is 11.1. The van der Waals surface area contributed by atoms with Crippen molar-refractivity contribution in [3.8, 4) is 11.3 Å². The largest absolute Gasteiger partial charge is 0.455 e. The van der Waals surface area contributed by atoms with E-state index in [4.69, 9.17) is 27.6 Å². The lowest BCUT2D eigenvalue weighted by Crippen LogP contribution is -2.15. The number of nitrogens with zero attached hydrogens (tertiary/aromatic N) is 1. The molecule has 1 N–H and O–H groups in total. The molecule has 116 valence electrons. The molecule has 0 radical (unpaired) electrons. The zero-order chi connectivity index (χ0) is 16.2. The zero-order valence-corrected chi connectivity index (χ0v) is 14.0. The first-order valence-corrected chi connectivity index (χ1v) is 8.19. The summed E-state index contributed by atoms with van der Waals surface area (Å²) in [6, 6.07) is 12.2. The number of benzene rings is 1. The Bertz CT molecular complexity index is 857. The highest BCUT2D eigenvalue weighted by Gasteiger charge is 2.09. The van der Waals surface area contributed by atoms with Gasteiger partial charge in [-0.05, 0) is 41.8 Å². The summed E-state index contributed by atoms with van der Waals surface area (Å²) in [7, 11) is 0. The fourth-order valence-corrected chi connectivity index (χ4v) is 2.87. The molecule has 0 unspecified atom stereocenters. The molecule has 2 aromatic heterocycles. The van der Waals surface area contributed by atoms with Gasteiger partial charge >= 0.3 is 0 Å². The van der Waals surface area contributed by atoms with Gasteiger partial charge in [0.25, 0.3) is 5.91 Å². The Kier molecular flexibility index (Phi) is 4.81. The number of halogens is 2. The van der Waals surface area contributed by atoms with E-state index in [9.17, 15) is 4.79 Å². The minimum Gasteiger partial charge on any atom is -0.455 e. The first kappa shape index (κ1) is 15.8. The van der Waals surface area contributed by atoms with E-state index < -0.39 is 0 Å². The zero-order valence-electron chi connectivity index (χ0n) is 11.6. The van der Waals surface area contributed by atoms with Crippen molar-refractivity contribution in [3.63, 3.8) is 0 Å². The normalized spacial score (nSPS) is 11.0. The van der Waals surface area contributed by atoms with E-state index in [0.717, 1.165) is 0 Å². The molecule has 0 atom stereocenters. The van der Waals surface area contributed by atoms with Gasteiger partial charge in [-0.2, -0.15) is 5.10 Å². The summed E-state index contributed by atoms with van der Waals surface area (Å²) in [5.74, 6) is 0.798. The number of rotatable bonds is 4. The molecule has 0 spiro atoms. The molecule has 0 bridgehead atoms. The molecule has 7 heteroatoms. The predicted octanol–water partition coefficient (Wildman–Crippen LogP) is 5.08. The lowest BCUT2D eigenvalue weighted by atomic mass is 10.2. The molecule has 3 rings (SSSR count). The molecule has 1 aromatic carbocycles. The molecule has 0 aliphatic carbocycles. The summed E-state index contributed by atoms with van der Waals surface area (Å²) in [5, 5.41) is 6.81. The van der Waals surface area contributed by atoms with Crippen LogP contribution in [0.4, 0.5) is 0 Å². The highest BCUT2D eigenvalue weighted by Crippen LogP contribution is 2.31. The summed E-state index contributed by atoms with van der Waals surface area (Å²) in [4.78, 5) is 12.3. The fraction of sp³-hybridized carbons (Fsp3) is 0. The van der Waals surface area contributed by atoms with Gasteiger partial charge in [-0.25, -0.2) is 5.43 Å². The second kappa shape index (κ2) is 7.00. The van der Waals surface area contributed by atoms with Crippen LogP contribution in [0.2, 0.25) is 10.0 Å². The number of hydrogen-bond acceptors (Lipinski definition) is 4. The number of thiophene rings is 1. The minimum absolute atomic E-state index is 0.263. The summed E-state index contributed by atoms with van der Waals surface area (Å²) >= 11 is 13.4. The monoisotopic (exact) mass is 364 g/mol. The van der Waals surface area contributed by atoms with Gasteiger partial charge in [0.2, 0.25) is 0 Å². The van der Waals surface area contributed by atoms with Crippen LogP contribution >= 0.6 is 34.5 Å². The SMILES string of the molecule is O=C(N/N=C\c1ccc(-c2cc(Cl)ccc2Cl)o1)c1cccs1. The predicted molar refractivity (Wildman–Crippen MR) is 93.5 cm³/mol. The highest BCUT2D eigenvalue weighted by molar-refractivity contribution is 7.12. The van der Waals surface area contributed by atoms with Crippen molar-refractivity contribution >= 4 is 46.7 Å². The number of nitrogens with one attached hydrogen (secondary N) is 1. The number of amides is 1. The minimum atomic E-state index is -0.263. The third-order valence-electron chi connectivity index (χ3n) is 2.92. The van der Waals surface area contributed by atoms with E-state index in [1.165, 1.54) is 17.6 Å². The van der Waals surface area contributed by atoms with Crippen LogP contribution in [-0.4, -0.2) is 12.1 Å². The Labute approximate surface area is 146 Å². The van der Waals surface area contributed by atoms with Crippen LogP contribution in [0.15, 0.2) is 57.4 Å². The molecular weight excluding hydrogens is 355 g/mol. The quantitative estimate of drug-likeness (QED) is 0.518. The van der Waals surface area contributed by atoms with Crippen LogP contribution in [-0.2, 0) is 0 Å². The second-order valence-corrected chi connectivity index (χ2v) is 6.29. The van der Waals surface area contributed by atoms with Crippen LogP contribution in [0.5, 0.6) is 0 Å². The van der Waals surface area contributed by atoms with Gasteiger partial charge in [0, 0.05) is 10.6 Å². The summed E-state index contributed by atoms with van der Waals surface area (Å²) in [5.41, 5.74) is 3.13. The molecule has 4 nitrogen and oxygen atoms in total. The first-order valence-electron chi connectivity index (χ1n) is 6.55. The molecule has 0 aliphatic heterocycles. The highest BCUT2D eigenvalue weighted by atomic mass is 35.5. The number of carbonyl (C=O) groups is 1. The van der Waals surface area contributed by atoms with Gasteiger partial charge in [0.15, 0.2) is 0 Å². The molecule has 3 aromatic rings. The average Bonchev–Trinajstić information content (AvgIpc) is 3.21. The van der Waals surface area contributed by atoms with Gasteiger partial charge in [-0.3, -0.25) is 4.79 Å². The Morgan fingerprint density at radius 2 is 2.09 bits per heavy atom. The van der Waals surface area contributed by atoms with Crippen molar-refractivity contribution in [3.05, 3.63) is 68.5 Å². The van der Waals surface area contributed by atoms with Crippen molar-refractivity contribution < 1.29 is 9.21 Å². The maximum Gasteiger partial charge on any atom is 0.281 e. The molecule has 23 heavy (non-hydrogen) atoms. The standard InChI is InChI=1S/C16H10Cl2N2O2S/c17-10-3-5-13(18)12(8-10)14-6-4-11(22-14)9-19-20-16(21)15-2-1-7-23-15/h1-9H,(H,20,21)/b19-9-. The van der Waals surface area contributed by atoms with E-state index in [1.807, 2.05) is 5.38 Å². The summed E-state index contributed by atoms with van der Waals surface area (Å²) in [6.07, 6.45) is 1.42. The van der Waals surface area contributed by atoms with Gasteiger partial charge in [0.05, 0.1) is 16.1 Å². The van der Waals surface area contributed by atoms with E-state index in [1.54, 1.807) is 42.5 Å². The Balaban J connectivity index is 1.71. The molecular formula is C16H10Cl2N2O2S. The average molecular weight is 365 g/mol. The van der Waals surface area contributed by atoms with Crippen LogP contribution in [0.3, 0.4) is 0 Å². The van der Waals surface area contributed by atoms with Crippen molar-refractivity contribution in [2.24, 2.45) is 5.10 Å². The van der Waals surface area contributed by atoms with E-state index >= 15 is 0 Å². The second-order valence-electron chi connectivity index (χ2n) is 4.50. The number of hydrazone groups is 1. The Hall–Kier alpha value is -2.08. The van der Waals surface area contributed by atoms with E-state index in [-0.39, 0.29) is 5.91 Å². The van der Waals surface area contributed by atoms with Gasteiger partial charge < -0.3 is 4.42 Å². The van der Waals surface area contributed by atoms with Crippen molar-refractivity contribution in [1.82, 2.24) is 5.43 Å². The van der Waals surface area contributed by atoms with Crippen molar-refractivity contribution in [1.29, 1.82) is 0 Å². The van der Waals surface area contributed by atoms with E-state index in [2.05, 4.69) is 10.5 Å². The topological polar surface area (TPSA) is 54.6 Å². The van der Waals surface area contributed by atoms with Gasteiger partial charge in [-0.15, -0.1) is 11.3 Å². The smallest absolute Gasteiger partial charge is 0.281 e. The van der Waals surface area contributed by atoms with Crippen LogP contribution in [0.25, 0.3) is 11.3 Å². The van der Waals surface area contributed by atoms with E-state index in [0.29, 0.717) is 32.0 Å². The van der Waals surface area contributed by atoms with Crippen molar-refractivity contribution in [2.45, 2.75) is 0 Å². The molecule has 0 aliphatic rings. The molecule has 2 heterocycles. The van der Waals surface area contributed by atoms with Gasteiger partial charge in [-0.1, -0.05) is 29.3 Å². The molecule has 0 saturated carbocycles. The van der Waals surface area contributed by atoms with Crippen LogP contribution in [0.1, 0.15) is 15.4 Å². The van der Waals surface area contributed by atoms with Crippen LogP contribution in [0, 0.1) is 0 Å². The third-order valence-corrected chi connectivity index (χ3v) is 4.36. The van der Waals surface area contributed by atoms with Crippen molar-refractivity contribution in [2.75, 3.05) is 0 Å². The number of hydrogen-bond donors (Lipinski definition) is 1. The fourth-order valence-electron chi connectivity index (χ4n) is 1.87. The molecule has 1 amide bonds. The Morgan fingerprint density at radius 1 is 1.22 bits per heavy atom.